The van der Waals surface area contributed by atoms with Crippen molar-refractivity contribution in [2.75, 3.05) is 32.8 Å². The zero-order valence-electron chi connectivity index (χ0n) is 19.4. The van der Waals surface area contributed by atoms with Gasteiger partial charge in [0.2, 0.25) is 0 Å². The number of hydrogen-bond donors (Lipinski definition) is 2. The van der Waals surface area contributed by atoms with Crippen LogP contribution in [0.3, 0.4) is 0 Å². The summed E-state index contributed by atoms with van der Waals surface area (Å²) in [6.45, 7) is 20.2. The zero-order valence-corrected chi connectivity index (χ0v) is 19.4. The molecule has 0 spiro atoms. The lowest BCUT2D eigenvalue weighted by atomic mass is 9.78. The van der Waals surface area contributed by atoms with Crippen molar-refractivity contribution >= 4 is 5.96 Å². The van der Waals surface area contributed by atoms with E-state index in [9.17, 15) is 0 Å². The molecule has 5 nitrogen and oxygen atoms in total. The molecule has 28 heavy (non-hydrogen) atoms. The molecule has 2 saturated heterocycles. The lowest BCUT2D eigenvalue weighted by molar-refractivity contribution is -0.0837. The minimum atomic E-state index is 0.158. The summed E-state index contributed by atoms with van der Waals surface area (Å²) in [7, 11) is 0. The van der Waals surface area contributed by atoms with Gasteiger partial charge in [0, 0.05) is 44.7 Å². The van der Waals surface area contributed by atoms with Crippen LogP contribution in [0.5, 0.6) is 0 Å². The first-order valence-corrected chi connectivity index (χ1v) is 11.4. The van der Waals surface area contributed by atoms with Crippen LogP contribution in [0.1, 0.15) is 74.1 Å². The van der Waals surface area contributed by atoms with E-state index in [2.05, 4.69) is 59.1 Å². The van der Waals surface area contributed by atoms with Crippen molar-refractivity contribution < 1.29 is 9.47 Å². The maximum absolute atomic E-state index is 6.14. The highest BCUT2D eigenvalue weighted by atomic mass is 16.5. The number of hydrogen-bond acceptors (Lipinski definition) is 3. The summed E-state index contributed by atoms with van der Waals surface area (Å²) in [5.74, 6) is 1.95. The summed E-state index contributed by atoms with van der Waals surface area (Å²) in [5.41, 5.74) is 0.327. The molecule has 0 aliphatic carbocycles. The van der Waals surface area contributed by atoms with E-state index in [1.165, 1.54) is 12.8 Å². The summed E-state index contributed by atoms with van der Waals surface area (Å²) in [6.07, 6.45) is 5.30. The lowest BCUT2D eigenvalue weighted by Crippen LogP contribution is -2.48. The highest BCUT2D eigenvalue weighted by Gasteiger charge is 2.36. The average molecular weight is 396 g/mol. The van der Waals surface area contributed by atoms with E-state index in [1.807, 2.05) is 0 Å². The van der Waals surface area contributed by atoms with E-state index in [1.54, 1.807) is 0 Å². The molecule has 2 fully saturated rings. The Morgan fingerprint density at radius 3 is 1.93 bits per heavy atom. The van der Waals surface area contributed by atoms with Gasteiger partial charge >= 0.3 is 0 Å². The molecule has 0 aromatic carbocycles. The van der Waals surface area contributed by atoms with Crippen molar-refractivity contribution in [3.8, 4) is 0 Å². The minimum Gasteiger partial charge on any atom is -0.377 e. The molecule has 5 heteroatoms. The van der Waals surface area contributed by atoms with Crippen LogP contribution in [0, 0.1) is 22.7 Å². The van der Waals surface area contributed by atoms with Crippen molar-refractivity contribution in [2.24, 2.45) is 27.7 Å². The standard InChI is InChI=1S/C23H45N3O2/c1-8-24-21(25-15-17-11-9-13-27-19(17)22(2,3)4)26-16-18-12-10-14-28-20(18)23(5,6)7/h17-20H,8-16H2,1-7H3,(H2,24,25,26). The summed E-state index contributed by atoms with van der Waals surface area (Å²) < 4.78 is 12.3. The molecular formula is C23H45N3O2. The molecule has 2 aliphatic rings. The van der Waals surface area contributed by atoms with Crippen LogP contribution >= 0.6 is 0 Å². The van der Waals surface area contributed by atoms with Crippen molar-refractivity contribution in [1.82, 2.24) is 10.6 Å². The van der Waals surface area contributed by atoms with Crippen molar-refractivity contribution in [3.05, 3.63) is 0 Å². The summed E-state index contributed by atoms with van der Waals surface area (Å²) in [4.78, 5) is 4.95. The Labute approximate surface area is 173 Å². The second-order valence-corrected chi connectivity index (χ2v) is 10.7. The van der Waals surface area contributed by atoms with Crippen LogP contribution in [-0.4, -0.2) is 51.0 Å². The Hall–Kier alpha value is -0.810. The van der Waals surface area contributed by atoms with Gasteiger partial charge in [-0.05, 0) is 43.4 Å². The molecule has 0 amide bonds. The fourth-order valence-electron chi connectivity index (χ4n) is 4.77. The SMILES string of the molecule is CCNC(=NCC1CCCOC1C(C)(C)C)NCC1CCCOC1C(C)(C)C. The lowest BCUT2D eigenvalue weighted by Gasteiger charge is -2.40. The first kappa shape index (κ1) is 23.5. The van der Waals surface area contributed by atoms with Crippen LogP contribution in [0.15, 0.2) is 4.99 Å². The summed E-state index contributed by atoms with van der Waals surface area (Å²) >= 11 is 0. The van der Waals surface area contributed by atoms with Gasteiger partial charge in [-0.1, -0.05) is 41.5 Å². The third kappa shape index (κ3) is 6.91. The molecule has 4 unspecified atom stereocenters. The summed E-state index contributed by atoms with van der Waals surface area (Å²) in [5, 5.41) is 7.03. The van der Waals surface area contributed by atoms with Gasteiger partial charge in [-0.2, -0.15) is 0 Å². The number of aliphatic imine (C=N–C) groups is 1. The number of nitrogens with one attached hydrogen (secondary N) is 2. The van der Waals surface area contributed by atoms with Gasteiger partial charge in [-0.3, -0.25) is 4.99 Å². The van der Waals surface area contributed by atoms with E-state index in [-0.39, 0.29) is 16.9 Å². The highest BCUT2D eigenvalue weighted by Crippen LogP contribution is 2.35. The van der Waals surface area contributed by atoms with E-state index in [4.69, 9.17) is 14.5 Å². The van der Waals surface area contributed by atoms with Crippen LogP contribution in [0.2, 0.25) is 0 Å². The van der Waals surface area contributed by atoms with Crippen LogP contribution in [0.25, 0.3) is 0 Å². The Morgan fingerprint density at radius 2 is 1.39 bits per heavy atom. The van der Waals surface area contributed by atoms with Gasteiger partial charge < -0.3 is 20.1 Å². The Kier molecular flexibility index (Phi) is 8.62. The zero-order chi connectivity index (χ0) is 20.8. The van der Waals surface area contributed by atoms with Crippen LogP contribution < -0.4 is 10.6 Å². The largest absolute Gasteiger partial charge is 0.377 e. The van der Waals surface area contributed by atoms with Crippen molar-refractivity contribution in [1.29, 1.82) is 0 Å². The van der Waals surface area contributed by atoms with Gasteiger partial charge in [-0.25, -0.2) is 0 Å². The average Bonchev–Trinajstić information content (AvgIpc) is 2.63. The summed E-state index contributed by atoms with van der Waals surface area (Å²) in [6, 6.07) is 0. The van der Waals surface area contributed by atoms with Gasteiger partial charge in [-0.15, -0.1) is 0 Å². The molecule has 4 atom stereocenters. The fourth-order valence-corrected chi connectivity index (χ4v) is 4.77. The molecule has 0 aromatic rings. The second kappa shape index (κ2) is 10.3. The predicted molar refractivity (Wildman–Crippen MR) is 118 cm³/mol. The van der Waals surface area contributed by atoms with Gasteiger partial charge in [0.1, 0.15) is 0 Å². The van der Waals surface area contributed by atoms with Crippen LogP contribution in [0.4, 0.5) is 0 Å². The topological polar surface area (TPSA) is 54.9 Å². The Bertz CT molecular complexity index is 493. The molecule has 2 heterocycles. The smallest absolute Gasteiger partial charge is 0.191 e. The number of rotatable bonds is 5. The Balaban J connectivity index is 1.97. The predicted octanol–water partition coefficient (Wildman–Crippen LogP) is 4.22. The monoisotopic (exact) mass is 395 g/mol. The van der Waals surface area contributed by atoms with Gasteiger partial charge in [0.15, 0.2) is 5.96 Å². The van der Waals surface area contributed by atoms with E-state index in [0.29, 0.717) is 17.9 Å². The first-order valence-electron chi connectivity index (χ1n) is 11.4. The normalized spacial score (nSPS) is 30.2. The van der Waals surface area contributed by atoms with E-state index < -0.39 is 0 Å². The molecule has 2 N–H and O–H groups in total. The van der Waals surface area contributed by atoms with Crippen molar-refractivity contribution in [3.63, 3.8) is 0 Å². The number of nitrogens with zero attached hydrogens (tertiary/aromatic N) is 1. The Morgan fingerprint density at radius 1 is 0.857 bits per heavy atom. The maximum atomic E-state index is 6.14. The van der Waals surface area contributed by atoms with Gasteiger partial charge in [0.05, 0.1) is 12.2 Å². The van der Waals surface area contributed by atoms with E-state index in [0.717, 1.165) is 51.6 Å². The maximum Gasteiger partial charge on any atom is 0.191 e. The number of guanidine groups is 1. The number of ether oxygens (including phenoxy) is 2. The molecule has 164 valence electrons. The molecule has 0 radical (unpaired) electrons. The molecule has 2 rings (SSSR count). The second-order valence-electron chi connectivity index (χ2n) is 10.7. The van der Waals surface area contributed by atoms with E-state index >= 15 is 0 Å². The minimum absolute atomic E-state index is 0.158. The molecule has 0 saturated carbocycles. The molecule has 0 bridgehead atoms. The van der Waals surface area contributed by atoms with Crippen LogP contribution in [-0.2, 0) is 9.47 Å². The highest BCUT2D eigenvalue weighted by molar-refractivity contribution is 5.79. The molecule has 2 aliphatic heterocycles. The molecule has 0 aromatic heterocycles. The third-order valence-electron chi connectivity index (χ3n) is 5.96. The quantitative estimate of drug-likeness (QED) is 0.540. The van der Waals surface area contributed by atoms with Crippen molar-refractivity contribution in [2.45, 2.75) is 86.4 Å². The third-order valence-corrected chi connectivity index (χ3v) is 5.96. The molecular weight excluding hydrogens is 350 g/mol. The fraction of sp³-hybridized carbons (Fsp3) is 0.957. The first-order chi connectivity index (χ1) is 13.1. The van der Waals surface area contributed by atoms with Gasteiger partial charge in [0.25, 0.3) is 0 Å².